The highest BCUT2D eigenvalue weighted by atomic mass is 35.5. The molecule has 1 aliphatic carbocycles. The number of carbonyl (C=O) groups excluding carboxylic acids is 1. The van der Waals surface area contributed by atoms with Gasteiger partial charge in [-0.15, -0.1) is 12.4 Å². The molecule has 0 bridgehead atoms. The van der Waals surface area contributed by atoms with Gasteiger partial charge in [-0.3, -0.25) is 4.79 Å². The molecule has 1 amide bonds. The van der Waals surface area contributed by atoms with Crippen LogP contribution in [0.3, 0.4) is 0 Å². The van der Waals surface area contributed by atoms with Gasteiger partial charge < -0.3 is 10.2 Å². The van der Waals surface area contributed by atoms with Crippen molar-refractivity contribution in [3.05, 3.63) is 0 Å². The second kappa shape index (κ2) is 8.00. The Labute approximate surface area is 117 Å². The van der Waals surface area contributed by atoms with Crippen LogP contribution < -0.4 is 5.32 Å². The van der Waals surface area contributed by atoms with Gasteiger partial charge in [-0.25, -0.2) is 0 Å². The number of carbonyl (C=O) groups is 1. The van der Waals surface area contributed by atoms with Gasteiger partial charge in [-0.2, -0.15) is 0 Å². The molecular weight excluding hydrogens is 248 g/mol. The van der Waals surface area contributed by atoms with E-state index >= 15 is 0 Å². The van der Waals surface area contributed by atoms with Crippen molar-refractivity contribution in [1.82, 2.24) is 10.2 Å². The molecule has 4 heteroatoms. The normalized spacial score (nSPS) is 25.6. The molecule has 0 unspecified atom stereocenters. The zero-order valence-corrected chi connectivity index (χ0v) is 12.3. The van der Waals surface area contributed by atoms with Gasteiger partial charge in [-0.05, 0) is 19.3 Å². The summed E-state index contributed by atoms with van der Waals surface area (Å²) in [5.74, 6) is 1.20. The molecule has 18 heavy (non-hydrogen) atoms. The first kappa shape index (κ1) is 15.8. The third kappa shape index (κ3) is 4.43. The van der Waals surface area contributed by atoms with Gasteiger partial charge in [0.15, 0.2) is 0 Å². The smallest absolute Gasteiger partial charge is 0.222 e. The highest BCUT2D eigenvalue weighted by molar-refractivity contribution is 5.85. The van der Waals surface area contributed by atoms with Crippen LogP contribution >= 0.6 is 12.4 Å². The summed E-state index contributed by atoms with van der Waals surface area (Å²) < 4.78 is 0. The fourth-order valence-corrected chi connectivity index (χ4v) is 3.16. The maximum atomic E-state index is 12.1. The minimum absolute atomic E-state index is 0. The van der Waals surface area contributed by atoms with E-state index in [4.69, 9.17) is 0 Å². The fourth-order valence-electron chi connectivity index (χ4n) is 3.16. The molecule has 1 saturated heterocycles. The third-order valence-electron chi connectivity index (χ3n) is 4.31. The number of nitrogens with one attached hydrogen (secondary N) is 1. The monoisotopic (exact) mass is 274 g/mol. The van der Waals surface area contributed by atoms with Gasteiger partial charge in [-0.1, -0.05) is 32.1 Å². The maximum Gasteiger partial charge on any atom is 0.222 e. The van der Waals surface area contributed by atoms with E-state index in [0.717, 1.165) is 38.4 Å². The van der Waals surface area contributed by atoms with Crippen molar-refractivity contribution < 1.29 is 4.79 Å². The topological polar surface area (TPSA) is 32.3 Å². The highest BCUT2D eigenvalue weighted by Gasteiger charge is 2.23. The van der Waals surface area contributed by atoms with Crippen molar-refractivity contribution in [3.8, 4) is 0 Å². The molecule has 0 aromatic rings. The Morgan fingerprint density at radius 1 is 1.28 bits per heavy atom. The average Bonchev–Trinajstić information content (AvgIpc) is 2.38. The van der Waals surface area contributed by atoms with Crippen LogP contribution in [-0.2, 0) is 4.79 Å². The van der Waals surface area contributed by atoms with Crippen LogP contribution in [0.15, 0.2) is 0 Å². The van der Waals surface area contributed by atoms with Gasteiger partial charge in [0, 0.05) is 32.1 Å². The van der Waals surface area contributed by atoms with Gasteiger partial charge in [0.05, 0.1) is 0 Å². The molecule has 106 valence electrons. The molecule has 2 rings (SSSR count). The standard InChI is InChI=1S/C14H26N2O.ClH/c1-12-11-15-9-10-16(12)14(17)8-7-13-5-3-2-4-6-13;/h12-13,15H,2-11H2,1H3;1H/t12-;/m1./s1. The third-order valence-corrected chi connectivity index (χ3v) is 4.31. The summed E-state index contributed by atoms with van der Waals surface area (Å²) in [7, 11) is 0. The van der Waals surface area contributed by atoms with Crippen LogP contribution in [0.25, 0.3) is 0 Å². The lowest BCUT2D eigenvalue weighted by atomic mass is 9.86. The van der Waals surface area contributed by atoms with Crippen LogP contribution in [0.2, 0.25) is 0 Å². The molecular formula is C14H27ClN2O. The average molecular weight is 275 g/mol. The van der Waals surface area contributed by atoms with Gasteiger partial charge >= 0.3 is 0 Å². The second-order valence-corrected chi connectivity index (χ2v) is 5.68. The van der Waals surface area contributed by atoms with E-state index in [0.29, 0.717) is 11.9 Å². The van der Waals surface area contributed by atoms with Gasteiger partial charge in [0.1, 0.15) is 0 Å². The predicted octanol–water partition coefficient (Wildman–Crippen LogP) is 2.59. The molecule has 2 fully saturated rings. The van der Waals surface area contributed by atoms with E-state index in [1.165, 1.54) is 32.1 Å². The number of hydrogen-bond donors (Lipinski definition) is 1. The summed E-state index contributed by atoms with van der Waals surface area (Å²) in [4.78, 5) is 14.2. The molecule has 3 nitrogen and oxygen atoms in total. The Hall–Kier alpha value is -0.280. The Morgan fingerprint density at radius 3 is 2.67 bits per heavy atom. The first-order valence-electron chi connectivity index (χ1n) is 7.27. The maximum absolute atomic E-state index is 12.1. The minimum atomic E-state index is 0. The number of halogens is 1. The number of nitrogens with zero attached hydrogens (tertiary/aromatic N) is 1. The van der Waals surface area contributed by atoms with Crippen molar-refractivity contribution in [1.29, 1.82) is 0 Å². The zero-order chi connectivity index (χ0) is 12.1. The number of piperazine rings is 1. The second-order valence-electron chi connectivity index (χ2n) is 5.68. The lowest BCUT2D eigenvalue weighted by Gasteiger charge is -2.34. The van der Waals surface area contributed by atoms with Crippen LogP contribution in [0.1, 0.15) is 51.9 Å². The molecule has 1 N–H and O–H groups in total. The Morgan fingerprint density at radius 2 is 2.00 bits per heavy atom. The lowest BCUT2D eigenvalue weighted by Crippen LogP contribution is -2.52. The van der Waals surface area contributed by atoms with Crippen LogP contribution in [-0.4, -0.2) is 36.5 Å². The van der Waals surface area contributed by atoms with E-state index in [2.05, 4.69) is 17.1 Å². The van der Waals surface area contributed by atoms with Gasteiger partial charge in [0.2, 0.25) is 5.91 Å². The molecule has 0 spiro atoms. The predicted molar refractivity (Wildman–Crippen MR) is 77.1 cm³/mol. The number of amides is 1. The Bertz CT molecular complexity index is 254. The summed E-state index contributed by atoms with van der Waals surface area (Å²) in [5.41, 5.74) is 0. The van der Waals surface area contributed by atoms with Gasteiger partial charge in [0.25, 0.3) is 0 Å². The minimum Gasteiger partial charge on any atom is -0.337 e. The Balaban J connectivity index is 0.00000162. The van der Waals surface area contributed by atoms with E-state index in [-0.39, 0.29) is 12.4 Å². The molecule has 1 atom stereocenters. The number of rotatable bonds is 3. The van der Waals surface area contributed by atoms with Crippen molar-refractivity contribution >= 4 is 18.3 Å². The van der Waals surface area contributed by atoms with E-state index in [9.17, 15) is 4.79 Å². The summed E-state index contributed by atoms with van der Waals surface area (Å²) in [5, 5.41) is 3.33. The quantitative estimate of drug-likeness (QED) is 0.858. The zero-order valence-electron chi connectivity index (χ0n) is 11.5. The molecule has 0 aromatic carbocycles. The summed E-state index contributed by atoms with van der Waals surface area (Å²) >= 11 is 0. The molecule has 1 aliphatic heterocycles. The molecule has 0 radical (unpaired) electrons. The highest BCUT2D eigenvalue weighted by Crippen LogP contribution is 2.27. The van der Waals surface area contributed by atoms with Crippen molar-refractivity contribution in [3.63, 3.8) is 0 Å². The van der Waals surface area contributed by atoms with E-state index < -0.39 is 0 Å². The SMILES string of the molecule is C[C@@H]1CNCCN1C(=O)CCC1CCCCC1.Cl. The lowest BCUT2D eigenvalue weighted by molar-refractivity contribution is -0.134. The largest absolute Gasteiger partial charge is 0.337 e. The molecule has 2 aliphatic rings. The molecule has 0 aromatic heterocycles. The van der Waals surface area contributed by atoms with E-state index in [1.54, 1.807) is 0 Å². The first-order valence-corrected chi connectivity index (χ1v) is 7.27. The fraction of sp³-hybridized carbons (Fsp3) is 0.929. The van der Waals surface area contributed by atoms with Crippen molar-refractivity contribution in [2.24, 2.45) is 5.92 Å². The molecule has 1 heterocycles. The summed E-state index contributed by atoms with van der Waals surface area (Å²) in [6, 6.07) is 0.377. The van der Waals surface area contributed by atoms with Crippen LogP contribution in [0.5, 0.6) is 0 Å². The van der Waals surface area contributed by atoms with Crippen molar-refractivity contribution in [2.75, 3.05) is 19.6 Å². The van der Waals surface area contributed by atoms with Crippen molar-refractivity contribution in [2.45, 2.75) is 57.9 Å². The first-order chi connectivity index (χ1) is 8.27. The van der Waals surface area contributed by atoms with Crippen LogP contribution in [0, 0.1) is 5.92 Å². The Kier molecular flexibility index (Phi) is 7.02. The summed E-state index contributed by atoms with van der Waals surface area (Å²) in [6.45, 7) is 4.95. The van der Waals surface area contributed by atoms with Crippen LogP contribution in [0.4, 0.5) is 0 Å². The molecule has 1 saturated carbocycles. The summed E-state index contributed by atoms with van der Waals surface area (Å²) in [6.07, 6.45) is 8.75. The van der Waals surface area contributed by atoms with E-state index in [1.807, 2.05) is 0 Å². The number of hydrogen-bond acceptors (Lipinski definition) is 2.